The normalized spacial score (nSPS) is 10.2. The second-order valence-electron chi connectivity index (χ2n) is 3.01. The highest BCUT2D eigenvalue weighted by Crippen LogP contribution is 2.32. The lowest BCUT2D eigenvalue weighted by Crippen LogP contribution is -1.92. The molecular weight excluding hydrogens is 341 g/mol. The summed E-state index contributed by atoms with van der Waals surface area (Å²) < 4.78 is 10.5. The maximum Gasteiger partial charge on any atom is 0.273 e. The molecule has 0 bridgehead atoms. The average Bonchev–Trinajstić information content (AvgIpc) is 2.74. The van der Waals surface area contributed by atoms with Crippen LogP contribution in [-0.4, -0.2) is 22.2 Å². The Labute approximate surface area is 109 Å². The number of ether oxygens (including phenoxy) is 1. The molecule has 7 nitrogen and oxygen atoms in total. The first kappa shape index (κ1) is 11.8. The molecule has 0 atom stereocenters. The van der Waals surface area contributed by atoms with Crippen LogP contribution in [0.5, 0.6) is 5.75 Å². The van der Waals surface area contributed by atoms with Gasteiger partial charge in [0.15, 0.2) is 0 Å². The molecule has 2 rings (SSSR count). The third-order valence-electron chi connectivity index (χ3n) is 2.03. The number of rotatable bonds is 3. The van der Waals surface area contributed by atoms with Gasteiger partial charge in [0.05, 0.1) is 23.7 Å². The molecule has 0 radical (unpaired) electrons. The molecular formula is C9H6IN3O4. The van der Waals surface area contributed by atoms with Crippen LogP contribution in [0.2, 0.25) is 0 Å². The van der Waals surface area contributed by atoms with Crippen LogP contribution >= 0.6 is 22.6 Å². The fraction of sp³-hybridized carbons (Fsp3) is 0.111. The molecule has 0 fully saturated rings. The molecule has 2 aromatic rings. The Morgan fingerprint density at radius 3 is 2.82 bits per heavy atom. The predicted molar refractivity (Wildman–Crippen MR) is 65.7 cm³/mol. The second-order valence-corrected chi connectivity index (χ2v) is 3.98. The van der Waals surface area contributed by atoms with Crippen molar-refractivity contribution in [3.8, 4) is 17.2 Å². The first-order chi connectivity index (χ1) is 8.11. The Hall–Kier alpha value is -1.71. The van der Waals surface area contributed by atoms with E-state index in [0.29, 0.717) is 15.1 Å². The Morgan fingerprint density at radius 1 is 1.53 bits per heavy atom. The summed E-state index contributed by atoms with van der Waals surface area (Å²) in [5.41, 5.74) is 0.466. The van der Waals surface area contributed by atoms with Crippen molar-refractivity contribution in [1.29, 1.82) is 0 Å². The Balaban J connectivity index is 2.51. The minimum atomic E-state index is -0.496. The highest BCUT2D eigenvalue weighted by Gasteiger charge is 2.16. The summed E-state index contributed by atoms with van der Waals surface area (Å²) in [6.07, 6.45) is 0. The van der Waals surface area contributed by atoms with E-state index in [-0.39, 0.29) is 11.6 Å². The predicted octanol–water partition coefficient (Wildman–Crippen LogP) is 2.26. The number of halogens is 1. The fourth-order valence-electron chi connectivity index (χ4n) is 1.29. The molecule has 0 saturated heterocycles. The van der Waals surface area contributed by atoms with Crippen LogP contribution < -0.4 is 4.74 Å². The molecule has 0 aliphatic carbocycles. The van der Waals surface area contributed by atoms with Crippen LogP contribution in [0.4, 0.5) is 5.69 Å². The van der Waals surface area contributed by atoms with E-state index in [1.807, 2.05) is 22.6 Å². The van der Waals surface area contributed by atoms with Crippen molar-refractivity contribution in [1.82, 2.24) is 10.1 Å². The number of aromatic nitrogens is 2. The molecule has 1 heterocycles. The number of nitrogens with zero attached hydrogens (tertiary/aromatic N) is 3. The minimum absolute atomic E-state index is 0.0557. The highest BCUT2D eigenvalue weighted by molar-refractivity contribution is 14.1. The molecule has 0 aliphatic heterocycles. The molecule has 1 aromatic heterocycles. The van der Waals surface area contributed by atoms with Crippen LogP contribution in [0.15, 0.2) is 22.7 Å². The van der Waals surface area contributed by atoms with Gasteiger partial charge >= 0.3 is 0 Å². The number of non-ortho nitro benzene ring substituents is 1. The van der Waals surface area contributed by atoms with Crippen molar-refractivity contribution in [3.63, 3.8) is 0 Å². The second kappa shape index (κ2) is 4.65. The summed E-state index contributed by atoms with van der Waals surface area (Å²) in [5.74, 6) is 0.584. The lowest BCUT2D eigenvalue weighted by atomic mass is 10.2. The third-order valence-corrected chi connectivity index (χ3v) is 2.47. The summed E-state index contributed by atoms with van der Waals surface area (Å²) in [4.78, 5) is 14.1. The van der Waals surface area contributed by atoms with E-state index in [2.05, 4.69) is 10.1 Å². The lowest BCUT2D eigenvalue weighted by Gasteiger charge is -2.03. The van der Waals surface area contributed by atoms with Crippen molar-refractivity contribution in [2.75, 3.05) is 7.11 Å². The zero-order valence-corrected chi connectivity index (χ0v) is 10.7. The smallest absolute Gasteiger partial charge is 0.273 e. The van der Waals surface area contributed by atoms with Crippen molar-refractivity contribution in [2.45, 2.75) is 0 Å². The molecule has 1 aromatic carbocycles. The molecule has 0 saturated carbocycles. The molecule has 0 amide bonds. The quantitative estimate of drug-likeness (QED) is 0.481. The van der Waals surface area contributed by atoms with Gasteiger partial charge in [-0.05, 0) is 6.07 Å². The fourth-order valence-corrected chi connectivity index (χ4v) is 1.60. The summed E-state index contributed by atoms with van der Waals surface area (Å²) in [7, 11) is 1.42. The molecule has 0 aliphatic rings. The molecule has 17 heavy (non-hydrogen) atoms. The Morgan fingerprint density at radius 2 is 2.29 bits per heavy atom. The summed E-state index contributed by atoms with van der Waals surface area (Å²) in [6.45, 7) is 0. The van der Waals surface area contributed by atoms with Gasteiger partial charge in [-0.25, -0.2) is 0 Å². The maximum atomic E-state index is 10.6. The number of methoxy groups -OCH3 is 1. The maximum absolute atomic E-state index is 10.6. The summed E-state index contributed by atoms with van der Waals surface area (Å²) in [5, 5.41) is 14.3. The molecule has 8 heteroatoms. The third kappa shape index (κ3) is 2.35. The van der Waals surface area contributed by atoms with E-state index in [0.717, 1.165) is 0 Å². The largest absolute Gasteiger partial charge is 0.496 e. The van der Waals surface area contributed by atoms with Crippen molar-refractivity contribution >= 4 is 28.3 Å². The van der Waals surface area contributed by atoms with Gasteiger partial charge in [0.25, 0.3) is 11.6 Å². The standard InChI is InChI=1S/C9H6IN3O4/c1-16-7-4-5(13(14)15)2-3-6(7)8-11-9(10)12-17-8/h2-4H,1H3. The summed E-state index contributed by atoms with van der Waals surface area (Å²) >= 11 is 1.90. The summed E-state index contributed by atoms with van der Waals surface area (Å²) in [6, 6.07) is 4.18. The van der Waals surface area contributed by atoms with E-state index in [1.54, 1.807) is 0 Å². The number of nitro groups is 1. The van der Waals surface area contributed by atoms with E-state index in [9.17, 15) is 10.1 Å². The molecule has 0 N–H and O–H groups in total. The highest BCUT2D eigenvalue weighted by atomic mass is 127. The number of benzene rings is 1. The van der Waals surface area contributed by atoms with Gasteiger partial charge in [-0.2, -0.15) is 4.98 Å². The molecule has 0 unspecified atom stereocenters. The SMILES string of the molecule is COc1cc([N+](=O)[O-])ccc1-c1nc(I)no1. The van der Waals surface area contributed by atoms with Gasteiger partial charge in [0.2, 0.25) is 3.83 Å². The van der Waals surface area contributed by atoms with E-state index in [4.69, 9.17) is 9.26 Å². The van der Waals surface area contributed by atoms with Crippen molar-refractivity contribution < 1.29 is 14.2 Å². The van der Waals surface area contributed by atoms with Crippen LogP contribution in [-0.2, 0) is 0 Å². The first-order valence-electron chi connectivity index (χ1n) is 4.44. The number of nitro benzene ring substituents is 1. The van der Waals surface area contributed by atoms with Crippen LogP contribution in [0.1, 0.15) is 0 Å². The van der Waals surface area contributed by atoms with Gasteiger partial charge in [-0.1, -0.05) is 5.16 Å². The van der Waals surface area contributed by atoms with Gasteiger partial charge in [0.1, 0.15) is 5.75 Å². The van der Waals surface area contributed by atoms with Crippen molar-refractivity contribution in [2.24, 2.45) is 0 Å². The molecule has 0 spiro atoms. The van der Waals surface area contributed by atoms with Gasteiger partial charge in [-0.3, -0.25) is 10.1 Å². The average molecular weight is 347 g/mol. The lowest BCUT2D eigenvalue weighted by molar-refractivity contribution is -0.384. The Kier molecular flexibility index (Phi) is 3.22. The van der Waals surface area contributed by atoms with E-state index >= 15 is 0 Å². The topological polar surface area (TPSA) is 91.3 Å². The van der Waals surface area contributed by atoms with Gasteiger partial charge in [0, 0.05) is 28.7 Å². The number of hydrogen-bond donors (Lipinski definition) is 0. The van der Waals surface area contributed by atoms with Crippen LogP contribution in [0.25, 0.3) is 11.5 Å². The van der Waals surface area contributed by atoms with Crippen LogP contribution in [0, 0.1) is 13.9 Å². The zero-order valence-electron chi connectivity index (χ0n) is 8.58. The monoisotopic (exact) mass is 347 g/mol. The van der Waals surface area contributed by atoms with Crippen LogP contribution in [0.3, 0.4) is 0 Å². The van der Waals surface area contributed by atoms with E-state index in [1.165, 1.54) is 25.3 Å². The van der Waals surface area contributed by atoms with Crippen molar-refractivity contribution in [3.05, 3.63) is 32.1 Å². The van der Waals surface area contributed by atoms with Gasteiger partial charge < -0.3 is 9.26 Å². The Bertz CT molecular complexity index is 569. The minimum Gasteiger partial charge on any atom is -0.496 e. The van der Waals surface area contributed by atoms with E-state index < -0.39 is 4.92 Å². The van der Waals surface area contributed by atoms with Gasteiger partial charge in [-0.15, -0.1) is 0 Å². The molecule has 88 valence electrons. The first-order valence-corrected chi connectivity index (χ1v) is 5.51. The number of hydrogen-bond acceptors (Lipinski definition) is 6. The zero-order chi connectivity index (χ0) is 12.4.